The summed E-state index contributed by atoms with van der Waals surface area (Å²) in [6, 6.07) is -1.15. The highest BCUT2D eigenvalue weighted by atomic mass is 32.2. The third kappa shape index (κ3) is 2.03. The summed E-state index contributed by atoms with van der Waals surface area (Å²) in [6.45, 7) is 2.53. The van der Waals surface area contributed by atoms with E-state index in [9.17, 15) is 18.0 Å². The van der Waals surface area contributed by atoms with Crippen molar-refractivity contribution in [3.05, 3.63) is 0 Å². The van der Waals surface area contributed by atoms with E-state index in [4.69, 9.17) is 0 Å². The fraction of sp³-hybridized carbons (Fsp3) is 0.846. The Hall–Kier alpha value is -1.11. The molecule has 6 nitrogen and oxygen atoms in total. The molecule has 0 aromatic heterocycles. The fourth-order valence-electron chi connectivity index (χ4n) is 3.72. The van der Waals surface area contributed by atoms with Crippen molar-refractivity contribution >= 4 is 21.7 Å². The Kier molecular flexibility index (Phi) is 3.27. The second-order valence-corrected chi connectivity index (χ2v) is 8.14. The molecule has 0 saturated carbocycles. The number of amides is 2. The summed E-state index contributed by atoms with van der Waals surface area (Å²) in [5.41, 5.74) is 0. The van der Waals surface area contributed by atoms with Crippen molar-refractivity contribution in [3.8, 4) is 0 Å². The smallest absolute Gasteiger partial charge is 0.246 e. The molecule has 20 heavy (non-hydrogen) atoms. The zero-order valence-electron chi connectivity index (χ0n) is 11.6. The molecule has 0 N–H and O–H groups in total. The van der Waals surface area contributed by atoms with E-state index in [1.54, 1.807) is 9.80 Å². The predicted octanol–water partition coefficient (Wildman–Crippen LogP) is -0.215. The number of sulfone groups is 1. The van der Waals surface area contributed by atoms with Crippen molar-refractivity contribution < 1.29 is 18.0 Å². The number of carbonyl (C=O) groups excluding carboxylic acids is 2. The Labute approximate surface area is 119 Å². The van der Waals surface area contributed by atoms with Crippen molar-refractivity contribution in [1.82, 2.24) is 9.80 Å². The first kappa shape index (κ1) is 13.9. The first-order valence-corrected chi connectivity index (χ1v) is 9.10. The molecule has 7 heteroatoms. The number of hydrogen-bond acceptors (Lipinski definition) is 4. The van der Waals surface area contributed by atoms with Gasteiger partial charge in [-0.3, -0.25) is 9.59 Å². The van der Waals surface area contributed by atoms with E-state index >= 15 is 0 Å². The summed E-state index contributed by atoms with van der Waals surface area (Å²) >= 11 is 0. The number of fused-ring (bicyclic) bond motifs is 1. The van der Waals surface area contributed by atoms with E-state index in [-0.39, 0.29) is 35.4 Å². The van der Waals surface area contributed by atoms with Crippen LogP contribution in [-0.4, -0.2) is 66.2 Å². The topological polar surface area (TPSA) is 74.8 Å². The monoisotopic (exact) mass is 300 g/mol. The van der Waals surface area contributed by atoms with Gasteiger partial charge in [0.05, 0.1) is 11.5 Å². The largest absolute Gasteiger partial charge is 0.329 e. The molecule has 3 aliphatic rings. The molecule has 0 aliphatic carbocycles. The van der Waals surface area contributed by atoms with Crippen LogP contribution in [0.4, 0.5) is 0 Å². The summed E-state index contributed by atoms with van der Waals surface area (Å²) in [4.78, 5) is 28.4. The summed E-state index contributed by atoms with van der Waals surface area (Å²) in [6.07, 6.45) is 2.57. The number of rotatable bonds is 2. The minimum Gasteiger partial charge on any atom is -0.329 e. The van der Waals surface area contributed by atoms with Gasteiger partial charge in [0.1, 0.15) is 12.1 Å². The number of piperazine rings is 1. The predicted molar refractivity (Wildman–Crippen MR) is 72.7 cm³/mol. The molecular weight excluding hydrogens is 280 g/mol. The average Bonchev–Trinajstić information content (AvgIpc) is 3.00. The van der Waals surface area contributed by atoms with Crippen molar-refractivity contribution in [1.29, 1.82) is 0 Å². The molecule has 112 valence electrons. The first-order chi connectivity index (χ1) is 9.44. The van der Waals surface area contributed by atoms with Gasteiger partial charge in [0.25, 0.3) is 0 Å². The van der Waals surface area contributed by atoms with Crippen LogP contribution in [-0.2, 0) is 19.4 Å². The zero-order chi connectivity index (χ0) is 14.5. The molecule has 3 unspecified atom stereocenters. The standard InChI is InChI=1S/C13H20N2O4S/c1-2-10-12(16)14-6-3-4-11(14)13(17)15(10)9-5-7-20(18,19)8-9/h9-11H,2-8H2,1H3. The van der Waals surface area contributed by atoms with Gasteiger partial charge in [-0.25, -0.2) is 8.42 Å². The van der Waals surface area contributed by atoms with Crippen LogP contribution in [0.2, 0.25) is 0 Å². The van der Waals surface area contributed by atoms with Gasteiger partial charge in [0.2, 0.25) is 11.8 Å². The van der Waals surface area contributed by atoms with Gasteiger partial charge in [-0.05, 0) is 25.7 Å². The lowest BCUT2D eigenvalue weighted by atomic mass is 10.00. The normalized spacial score (nSPS) is 36.5. The quantitative estimate of drug-likeness (QED) is 0.707. The third-order valence-corrected chi connectivity index (χ3v) is 6.44. The minimum atomic E-state index is -3.06. The average molecular weight is 300 g/mol. The molecule has 2 amide bonds. The second-order valence-electron chi connectivity index (χ2n) is 5.92. The number of nitrogens with zero attached hydrogens (tertiary/aromatic N) is 2. The van der Waals surface area contributed by atoms with Gasteiger partial charge in [0.15, 0.2) is 9.84 Å². The molecule has 3 saturated heterocycles. The molecule has 3 aliphatic heterocycles. The van der Waals surface area contributed by atoms with Crippen molar-refractivity contribution in [3.63, 3.8) is 0 Å². The molecule has 0 aromatic carbocycles. The highest BCUT2D eigenvalue weighted by Crippen LogP contribution is 2.32. The van der Waals surface area contributed by atoms with Crippen LogP contribution in [0.5, 0.6) is 0 Å². The minimum absolute atomic E-state index is 0.00102. The van der Waals surface area contributed by atoms with Gasteiger partial charge >= 0.3 is 0 Å². The Bertz CT molecular complexity index is 545. The molecule has 0 aromatic rings. The SMILES string of the molecule is CCC1C(=O)N2CCCC2C(=O)N1C1CCS(=O)(=O)C1. The van der Waals surface area contributed by atoms with Crippen LogP contribution in [0, 0.1) is 0 Å². The molecular formula is C13H20N2O4S. The van der Waals surface area contributed by atoms with E-state index in [2.05, 4.69) is 0 Å². The molecule has 0 spiro atoms. The summed E-state index contributed by atoms with van der Waals surface area (Å²) in [5.74, 6) is 0.0883. The number of hydrogen-bond donors (Lipinski definition) is 0. The first-order valence-electron chi connectivity index (χ1n) is 7.27. The van der Waals surface area contributed by atoms with Crippen molar-refractivity contribution in [2.45, 2.75) is 50.7 Å². The van der Waals surface area contributed by atoms with Gasteiger partial charge in [-0.15, -0.1) is 0 Å². The van der Waals surface area contributed by atoms with Gasteiger partial charge in [-0.1, -0.05) is 6.92 Å². The van der Waals surface area contributed by atoms with Crippen LogP contribution in [0.3, 0.4) is 0 Å². The Balaban J connectivity index is 1.91. The zero-order valence-corrected chi connectivity index (χ0v) is 12.4. The molecule has 0 radical (unpaired) electrons. The van der Waals surface area contributed by atoms with E-state index < -0.39 is 15.9 Å². The fourth-order valence-corrected chi connectivity index (χ4v) is 5.44. The highest BCUT2D eigenvalue weighted by Gasteiger charge is 2.50. The van der Waals surface area contributed by atoms with Gasteiger partial charge < -0.3 is 9.80 Å². The summed E-state index contributed by atoms with van der Waals surface area (Å²) in [5, 5.41) is 0. The van der Waals surface area contributed by atoms with Crippen molar-refractivity contribution in [2.75, 3.05) is 18.1 Å². The van der Waals surface area contributed by atoms with Crippen LogP contribution >= 0.6 is 0 Å². The van der Waals surface area contributed by atoms with E-state index in [1.807, 2.05) is 6.92 Å². The van der Waals surface area contributed by atoms with E-state index in [0.29, 0.717) is 25.8 Å². The Morgan fingerprint density at radius 3 is 2.55 bits per heavy atom. The van der Waals surface area contributed by atoms with Crippen LogP contribution in [0.25, 0.3) is 0 Å². The van der Waals surface area contributed by atoms with E-state index in [1.165, 1.54) is 0 Å². The maximum absolute atomic E-state index is 12.7. The molecule has 3 fully saturated rings. The van der Waals surface area contributed by atoms with E-state index in [0.717, 1.165) is 6.42 Å². The third-order valence-electron chi connectivity index (χ3n) is 4.68. The van der Waals surface area contributed by atoms with Crippen LogP contribution < -0.4 is 0 Å². The Morgan fingerprint density at radius 1 is 1.20 bits per heavy atom. The Morgan fingerprint density at radius 2 is 1.95 bits per heavy atom. The van der Waals surface area contributed by atoms with Gasteiger partial charge in [-0.2, -0.15) is 0 Å². The lowest BCUT2D eigenvalue weighted by Gasteiger charge is -2.44. The lowest BCUT2D eigenvalue weighted by molar-refractivity contribution is -0.161. The van der Waals surface area contributed by atoms with Crippen LogP contribution in [0.15, 0.2) is 0 Å². The highest BCUT2D eigenvalue weighted by molar-refractivity contribution is 7.91. The summed E-state index contributed by atoms with van der Waals surface area (Å²) in [7, 11) is -3.06. The van der Waals surface area contributed by atoms with Crippen LogP contribution in [0.1, 0.15) is 32.6 Å². The van der Waals surface area contributed by atoms with Gasteiger partial charge in [0, 0.05) is 12.6 Å². The summed E-state index contributed by atoms with van der Waals surface area (Å²) < 4.78 is 23.3. The maximum Gasteiger partial charge on any atom is 0.246 e. The lowest BCUT2D eigenvalue weighted by Crippen LogP contribution is -2.65. The maximum atomic E-state index is 12.7. The second kappa shape index (κ2) is 4.72. The van der Waals surface area contributed by atoms with Crippen molar-refractivity contribution in [2.24, 2.45) is 0 Å². The molecule has 0 bridgehead atoms. The number of carbonyl (C=O) groups is 2. The molecule has 3 atom stereocenters. The molecule has 3 rings (SSSR count). The molecule has 3 heterocycles.